The van der Waals surface area contributed by atoms with E-state index in [1.54, 1.807) is 0 Å². The fourth-order valence-corrected chi connectivity index (χ4v) is 1.86. The molecule has 1 aromatic heterocycles. The van der Waals surface area contributed by atoms with E-state index in [4.69, 9.17) is 0 Å². The summed E-state index contributed by atoms with van der Waals surface area (Å²) in [4.78, 5) is 4.36. The SMILES string of the molecule is Brc1cccc(CNCc2ccccc2)n1. The first-order chi connectivity index (χ1) is 7.84. The van der Waals surface area contributed by atoms with E-state index in [0.29, 0.717) is 0 Å². The van der Waals surface area contributed by atoms with Crippen LogP contribution < -0.4 is 5.32 Å². The number of nitrogens with zero attached hydrogens (tertiary/aromatic N) is 1. The van der Waals surface area contributed by atoms with E-state index in [0.717, 1.165) is 23.4 Å². The van der Waals surface area contributed by atoms with Crippen LogP contribution in [0.1, 0.15) is 11.3 Å². The highest BCUT2D eigenvalue weighted by molar-refractivity contribution is 9.10. The molecule has 0 radical (unpaired) electrons. The third-order valence-electron chi connectivity index (χ3n) is 2.25. The van der Waals surface area contributed by atoms with Gasteiger partial charge in [0.1, 0.15) is 4.60 Å². The summed E-state index contributed by atoms with van der Waals surface area (Å²) in [5.74, 6) is 0. The maximum absolute atomic E-state index is 4.36. The van der Waals surface area contributed by atoms with Crippen molar-refractivity contribution in [2.45, 2.75) is 13.1 Å². The topological polar surface area (TPSA) is 24.9 Å². The summed E-state index contributed by atoms with van der Waals surface area (Å²) < 4.78 is 0.881. The summed E-state index contributed by atoms with van der Waals surface area (Å²) >= 11 is 3.36. The van der Waals surface area contributed by atoms with Crippen molar-refractivity contribution >= 4 is 15.9 Å². The van der Waals surface area contributed by atoms with Gasteiger partial charge in [-0.05, 0) is 33.6 Å². The summed E-state index contributed by atoms with van der Waals surface area (Å²) in [6, 6.07) is 16.3. The smallest absolute Gasteiger partial charge is 0.106 e. The number of halogens is 1. The van der Waals surface area contributed by atoms with E-state index in [1.807, 2.05) is 36.4 Å². The van der Waals surface area contributed by atoms with Gasteiger partial charge in [-0.25, -0.2) is 4.98 Å². The fourth-order valence-electron chi connectivity index (χ4n) is 1.48. The second kappa shape index (κ2) is 5.77. The molecule has 1 heterocycles. The highest BCUT2D eigenvalue weighted by atomic mass is 79.9. The van der Waals surface area contributed by atoms with Crippen LogP contribution in [0, 0.1) is 0 Å². The van der Waals surface area contributed by atoms with Crippen LogP contribution in [0.4, 0.5) is 0 Å². The van der Waals surface area contributed by atoms with Gasteiger partial charge in [0.25, 0.3) is 0 Å². The Morgan fingerprint density at radius 3 is 2.50 bits per heavy atom. The molecule has 0 atom stereocenters. The Hall–Kier alpha value is -1.19. The van der Waals surface area contributed by atoms with E-state index in [2.05, 4.69) is 38.4 Å². The average molecular weight is 277 g/mol. The fraction of sp³-hybridized carbons (Fsp3) is 0.154. The Labute approximate surface area is 104 Å². The minimum absolute atomic E-state index is 0.786. The molecule has 2 aromatic rings. The van der Waals surface area contributed by atoms with Crippen molar-refractivity contribution in [1.29, 1.82) is 0 Å². The van der Waals surface area contributed by atoms with Gasteiger partial charge in [-0.3, -0.25) is 0 Å². The lowest BCUT2D eigenvalue weighted by molar-refractivity contribution is 0.678. The van der Waals surface area contributed by atoms with Crippen molar-refractivity contribution in [3.63, 3.8) is 0 Å². The molecule has 0 aliphatic rings. The second-order valence-corrected chi connectivity index (χ2v) is 4.35. The van der Waals surface area contributed by atoms with Crippen LogP contribution in [0.3, 0.4) is 0 Å². The lowest BCUT2D eigenvalue weighted by Crippen LogP contribution is -2.13. The Morgan fingerprint density at radius 1 is 0.938 bits per heavy atom. The third-order valence-corrected chi connectivity index (χ3v) is 2.69. The number of pyridine rings is 1. The summed E-state index contributed by atoms with van der Waals surface area (Å²) in [6.45, 7) is 1.66. The molecule has 0 fully saturated rings. The summed E-state index contributed by atoms with van der Waals surface area (Å²) in [5.41, 5.74) is 2.34. The first-order valence-electron chi connectivity index (χ1n) is 5.21. The molecular weight excluding hydrogens is 264 g/mol. The van der Waals surface area contributed by atoms with Gasteiger partial charge in [-0.1, -0.05) is 36.4 Å². The number of hydrogen-bond acceptors (Lipinski definition) is 2. The maximum Gasteiger partial charge on any atom is 0.106 e. The largest absolute Gasteiger partial charge is 0.307 e. The zero-order chi connectivity index (χ0) is 11.2. The van der Waals surface area contributed by atoms with Gasteiger partial charge in [0.15, 0.2) is 0 Å². The molecule has 2 nitrogen and oxygen atoms in total. The maximum atomic E-state index is 4.36. The highest BCUT2D eigenvalue weighted by Gasteiger charge is 1.95. The van der Waals surface area contributed by atoms with Gasteiger partial charge in [-0.2, -0.15) is 0 Å². The Kier molecular flexibility index (Phi) is 4.08. The van der Waals surface area contributed by atoms with Gasteiger partial charge in [0.05, 0.1) is 5.69 Å². The first-order valence-corrected chi connectivity index (χ1v) is 6.00. The van der Waals surface area contributed by atoms with Crippen LogP contribution >= 0.6 is 15.9 Å². The van der Waals surface area contributed by atoms with E-state index in [9.17, 15) is 0 Å². The minimum Gasteiger partial charge on any atom is -0.307 e. The lowest BCUT2D eigenvalue weighted by Gasteiger charge is -2.04. The summed E-state index contributed by atoms with van der Waals surface area (Å²) in [7, 11) is 0. The monoisotopic (exact) mass is 276 g/mol. The number of hydrogen-bond donors (Lipinski definition) is 1. The molecule has 0 unspecified atom stereocenters. The van der Waals surface area contributed by atoms with Crippen molar-refractivity contribution in [3.05, 3.63) is 64.4 Å². The van der Waals surface area contributed by atoms with Crippen molar-refractivity contribution in [2.24, 2.45) is 0 Å². The zero-order valence-corrected chi connectivity index (χ0v) is 10.4. The van der Waals surface area contributed by atoms with Crippen molar-refractivity contribution in [2.75, 3.05) is 0 Å². The molecule has 0 aliphatic carbocycles. The van der Waals surface area contributed by atoms with Gasteiger partial charge < -0.3 is 5.32 Å². The molecule has 2 rings (SSSR count). The molecule has 0 saturated heterocycles. The number of aromatic nitrogens is 1. The lowest BCUT2D eigenvalue weighted by atomic mass is 10.2. The minimum atomic E-state index is 0.786. The molecule has 82 valence electrons. The van der Waals surface area contributed by atoms with E-state index < -0.39 is 0 Å². The number of rotatable bonds is 4. The molecule has 3 heteroatoms. The number of nitrogens with one attached hydrogen (secondary N) is 1. The third kappa shape index (κ3) is 3.43. The van der Waals surface area contributed by atoms with Gasteiger partial charge in [-0.15, -0.1) is 0 Å². The zero-order valence-electron chi connectivity index (χ0n) is 8.86. The molecule has 16 heavy (non-hydrogen) atoms. The van der Waals surface area contributed by atoms with E-state index in [-0.39, 0.29) is 0 Å². The van der Waals surface area contributed by atoms with Crippen LogP contribution in [0.5, 0.6) is 0 Å². The predicted octanol–water partition coefficient (Wildman–Crippen LogP) is 3.13. The standard InChI is InChI=1S/C13H13BrN2/c14-13-8-4-7-12(16-13)10-15-9-11-5-2-1-3-6-11/h1-8,15H,9-10H2. The Morgan fingerprint density at radius 2 is 1.75 bits per heavy atom. The Balaban J connectivity index is 1.85. The van der Waals surface area contributed by atoms with E-state index >= 15 is 0 Å². The molecule has 0 bridgehead atoms. The average Bonchev–Trinajstić information content (AvgIpc) is 2.30. The van der Waals surface area contributed by atoms with Crippen LogP contribution in [0.15, 0.2) is 53.1 Å². The van der Waals surface area contributed by atoms with Crippen LogP contribution in [0.2, 0.25) is 0 Å². The molecule has 1 N–H and O–H groups in total. The van der Waals surface area contributed by atoms with Gasteiger partial charge in [0, 0.05) is 13.1 Å². The van der Waals surface area contributed by atoms with Crippen molar-refractivity contribution in [1.82, 2.24) is 10.3 Å². The first kappa shape index (κ1) is 11.3. The predicted molar refractivity (Wildman–Crippen MR) is 68.9 cm³/mol. The molecule has 0 amide bonds. The van der Waals surface area contributed by atoms with Crippen LogP contribution in [0.25, 0.3) is 0 Å². The molecule has 0 aliphatic heterocycles. The summed E-state index contributed by atoms with van der Waals surface area (Å²) in [6.07, 6.45) is 0. The summed E-state index contributed by atoms with van der Waals surface area (Å²) in [5, 5.41) is 3.36. The molecular formula is C13H13BrN2. The van der Waals surface area contributed by atoms with Crippen LogP contribution in [-0.4, -0.2) is 4.98 Å². The van der Waals surface area contributed by atoms with E-state index in [1.165, 1.54) is 5.56 Å². The van der Waals surface area contributed by atoms with Crippen molar-refractivity contribution < 1.29 is 0 Å². The van der Waals surface area contributed by atoms with Crippen LogP contribution in [-0.2, 0) is 13.1 Å². The van der Waals surface area contributed by atoms with Gasteiger partial charge in [0.2, 0.25) is 0 Å². The quantitative estimate of drug-likeness (QED) is 0.868. The molecule has 1 aromatic carbocycles. The molecule has 0 spiro atoms. The number of benzene rings is 1. The molecule has 0 saturated carbocycles. The highest BCUT2D eigenvalue weighted by Crippen LogP contribution is 2.06. The van der Waals surface area contributed by atoms with Gasteiger partial charge >= 0.3 is 0 Å². The van der Waals surface area contributed by atoms with Crippen molar-refractivity contribution in [3.8, 4) is 0 Å². The second-order valence-electron chi connectivity index (χ2n) is 3.54. The normalized spacial score (nSPS) is 10.3. The Bertz CT molecular complexity index is 443.